The van der Waals surface area contributed by atoms with Crippen molar-refractivity contribution in [3.63, 3.8) is 0 Å². The topological polar surface area (TPSA) is 135 Å². The predicted molar refractivity (Wildman–Crippen MR) is 72.4 cm³/mol. The van der Waals surface area contributed by atoms with Crippen LogP contribution >= 0.6 is 11.3 Å². The Kier molecular flexibility index (Phi) is 7.00. The quantitative estimate of drug-likeness (QED) is 0.675. The summed E-state index contributed by atoms with van der Waals surface area (Å²) in [6.07, 6.45) is 4.82. The van der Waals surface area contributed by atoms with Crippen molar-refractivity contribution in [1.29, 1.82) is 0 Å². The minimum atomic E-state index is -3.67. The molecule has 11 heteroatoms. The molecule has 108 valence electrons. The SMILES string of the molecule is CS(=O)(=O)O.CS(=O)(=O)O.c1ncc2sccc2n1. The van der Waals surface area contributed by atoms with Gasteiger partial charge in [-0.25, -0.2) is 9.97 Å². The lowest BCUT2D eigenvalue weighted by atomic mass is 10.5. The number of fused-ring (bicyclic) bond motifs is 1. The smallest absolute Gasteiger partial charge is 0.261 e. The highest BCUT2D eigenvalue weighted by Gasteiger charge is 1.90. The van der Waals surface area contributed by atoms with Crippen LogP contribution in [0.3, 0.4) is 0 Å². The Morgan fingerprint density at radius 1 is 1.11 bits per heavy atom. The molecule has 2 heterocycles. The van der Waals surface area contributed by atoms with E-state index in [1.165, 1.54) is 0 Å². The molecule has 0 amide bonds. The highest BCUT2D eigenvalue weighted by molar-refractivity contribution is 7.85. The molecule has 19 heavy (non-hydrogen) atoms. The molecular weight excluding hydrogens is 316 g/mol. The predicted octanol–water partition coefficient (Wildman–Crippen LogP) is 0.699. The molecule has 0 spiro atoms. The molecule has 0 aliphatic rings. The normalized spacial score (nSPS) is 10.9. The molecule has 0 aliphatic heterocycles. The summed E-state index contributed by atoms with van der Waals surface area (Å²) in [4.78, 5) is 7.92. The average molecular weight is 328 g/mol. The van der Waals surface area contributed by atoms with Gasteiger partial charge in [0.25, 0.3) is 20.2 Å². The van der Waals surface area contributed by atoms with E-state index >= 15 is 0 Å². The average Bonchev–Trinajstić information content (AvgIpc) is 2.59. The fourth-order valence-electron chi connectivity index (χ4n) is 0.714. The maximum atomic E-state index is 9.19. The van der Waals surface area contributed by atoms with Gasteiger partial charge in [-0.05, 0) is 11.4 Å². The van der Waals surface area contributed by atoms with Crippen molar-refractivity contribution in [1.82, 2.24) is 9.97 Å². The lowest BCUT2D eigenvalue weighted by Crippen LogP contribution is -1.88. The fourth-order valence-corrected chi connectivity index (χ4v) is 1.42. The molecular formula is C8H12N2O6S3. The maximum absolute atomic E-state index is 9.19. The summed E-state index contributed by atoms with van der Waals surface area (Å²) in [6.45, 7) is 0. The Balaban J connectivity index is 0.000000283. The van der Waals surface area contributed by atoms with Crippen LogP contribution in [0.5, 0.6) is 0 Å². The van der Waals surface area contributed by atoms with Gasteiger partial charge in [-0.15, -0.1) is 11.3 Å². The zero-order valence-corrected chi connectivity index (χ0v) is 12.4. The molecule has 0 radical (unpaired) electrons. The summed E-state index contributed by atoms with van der Waals surface area (Å²) < 4.78 is 52.9. The first-order chi connectivity index (χ1) is 8.47. The second kappa shape index (κ2) is 7.45. The largest absolute Gasteiger partial charge is 0.286 e. The van der Waals surface area contributed by atoms with Gasteiger partial charge in [0.2, 0.25) is 0 Å². The van der Waals surface area contributed by atoms with E-state index < -0.39 is 20.2 Å². The van der Waals surface area contributed by atoms with Gasteiger partial charge in [0, 0.05) is 6.20 Å². The maximum Gasteiger partial charge on any atom is 0.261 e. The van der Waals surface area contributed by atoms with Gasteiger partial charge in [0.05, 0.1) is 22.7 Å². The molecule has 0 atom stereocenters. The van der Waals surface area contributed by atoms with E-state index in [2.05, 4.69) is 9.97 Å². The van der Waals surface area contributed by atoms with Crippen molar-refractivity contribution in [3.05, 3.63) is 24.0 Å². The van der Waals surface area contributed by atoms with Crippen LogP contribution in [0, 0.1) is 0 Å². The minimum Gasteiger partial charge on any atom is -0.286 e. The standard InChI is InChI=1S/C6H4N2S.2CH4O3S/c1-2-9-6-3-7-4-8-5(1)6;2*1-5(2,3)4/h1-4H;2*1H3,(H,2,3,4). The first-order valence-electron chi connectivity index (χ1n) is 4.45. The highest BCUT2D eigenvalue weighted by atomic mass is 32.2. The molecule has 0 aliphatic carbocycles. The monoisotopic (exact) mass is 328 g/mol. The van der Waals surface area contributed by atoms with Gasteiger partial charge in [0.15, 0.2) is 0 Å². The van der Waals surface area contributed by atoms with E-state index in [0.717, 1.165) is 10.2 Å². The third-order valence-corrected chi connectivity index (χ3v) is 1.97. The Labute approximate surface area is 114 Å². The lowest BCUT2D eigenvalue weighted by molar-refractivity contribution is 0.488. The van der Waals surface area contributed by atoms with Crippen LogP contribution in [0.25, 0.3) is 10.2 Å². The van der Waals surface area contributed by atoms with Crippen molar-refractivity contribution < 1.29 is 25.9 Å². The number of hydrogen-bond donors (Lipinski definition) is 2. The molecule has 2 N–H and O–H groups in total. The molecule has 2 aromatic rings. The van der Waals surface area contributed by atoms with Crippen LogP contribution in [0.15, 0.2) is 24.0 Å². The summed E-state index contributed by atoms with van der Waals surface area (Å²) in [6, 6.07) is 1.99. The number of hydrogen-bond acceptors (Lipinski definition) is 7. The zero-order valence-electron chi connectivity index (χ0n) is 9.96. The Hall–Kier alpha value is -1.14. The molecule has 0 unspecified atom stereocenters. The zero-order chi connectivity index (χ0) is 15.1. The Morgan fingerprint density at radius 2 is 1.58 bits per heavy atom. The van der Waals surface area contributed by atoms with E-state index in [9.17, 15) is 16.8 Å². The first-order valence-corrected chi connectivity index (χ1v) is 9.02. The van der Waals surface area contributed by atoms with Gasteiger partial charge in [0.1, 0.15) is 6.33 Å². The molecule has 0 aromatic carbocycles. The van der Waals surface area contributed by atoms with Crippen molar-refractivity contribution in [2.75, 3.05) is 12.5 Å². The first kappa shape index (κ1) is 17.9. The van der Waals surface area contributed by atoms with Crippen molar-refractivity contribution >= 4 is 41.8 Å². The van der Waals surface area contributed by atoms with Gasteiger partial charge < -0.3 is 0 Å². The van der Waals surface area contributed by atoms with E-state index in [4.69, 9.17) is 9.11 Å². The summed E-state index contributed by atoms with van der Waals surface area (Å²) in [5.41, 5.74) is 1.04. The van der Waals surface area contributed by atoms with E-state index in [0.29, 0.717) is 12.5 Å². The van der Waals surface area contributed by atoms with Crippen molar-refractivity contribution in [2.45, 2.75) is 0 Å². The van der Waals surface area contributed by atoms with Crippen molar-refractivity contribution in [3.8, 4) is 0 Å². The minimum absolute atomic E-state index is 0.715. The molecule has 2 rings (SSSR count). The van der Waals surface area contributed by atoms with Crippen LogP contribution < -0.4 is 0 Å². The third kappa shape index (κ3) is 14.8. The lowest BCUT2D eigenvalue weighted by Gasteiger charge is -1.81. The van der Waals surface area contributed by atoms with Gasteiger partial charge in [-0.2, -0.15) is 16.8 Å². The highest BCUT2D eigenvalue weighted by Crippen LogP contribution is 2.15. The number of nitrogens with zero attached hydrogens (tertiary/aromatic N) is 2. The summed E-state index contributed by atoms with van der Waals surface area (Å²) in [5, 5.41) is 2.01. The van der Waals surface area contributed by atoms with Crippen LogP contribution in [0.4, 0.5) is 0 Å². The summed E-state index contributed by atoms with van der Waals surface area (Å²) in [5.74, 6) is 0. The third-order valence-electron chi connectivity index (χ3n) is 1.13. The second-order valence-electron chi connectivity index (χ2n) is 3.16. The van der Waals surface area contributed by atoms with Crippen LogP contribution in [0.1, 0.15) is 0 Å². The second-order valence-corrected chi connectivity index (χ2v) is 7.04. The van der Waals surface area contributed by atoms with Gasteiger partial charge in [-0.1, -0.05) is 0 Å². The molecule has 0 bridgehead atoms. The Bertz CT molecular complexity index is 631. The summed E-state index contributed by atoms with van der Waals surface area (Å²) >= 11 is 1.66. The van der Waals surface area contributed by atoms with Crippen LogP contribution in [-0.4, -0.2) is 48.4 Å². The van der Waals surface area contributed by atoms with Crippen molar-refractivity contribution in [2.24, 2.45) is 0 Å². The molecule has 0 fully saturated rings. The fraction of sp³-hybridized carbons (Fsp3) is 0.250. The van der Waals surface area contributed by atoms with Crippen LogP contribution in [-0.2, 0) is 20.2 Å². The molecule has 8 nitrogen and oxygen atoms in total. The molecule has 0 saturated carbocycles. The van der Waals surface area contributed by atoms with Crippen LogP contribution in [0.2, 0.25) is 0 Å². The van der Waals surface area contributed by atoms with E-state index in [1.807, 2.05) is 17.6 Å². The molecule has 2 aromatic heterocycles. The van der Waals surface area contributed by atoms with E-state index in [1.54, 1.807) is 17.7 Å². The number of rotatable bonds is 0. The number of aromatic nitrogens is 2. The number of thiophene rings is 1. The van der Waals surface area contributed by atoms with Gasteiger partial charge in [-0.3, -0.25) is 9.11 Å². The van der Waals surface area contributed by atoms with Gasteiger partial charge >= 0.3 is 0 Å². The summed E-state index contributed by atoms with van der Waals surface area (Å²) in [7, 11) is -7.33. The molecule has 0 saturated heterocycles. The van der Waals surface area contributed by atoms with E-state index in [-0.39, 0.29) is 0 Å². The Morgan fingerprint density at radius 3 is 2.00 bits per heavy atom.